The van der Waals surface area contributed by atoms with E-state index in [1.165, 1.54) is 0 Å². The molecule has 1 unspecified atom stereocenters. The lowest BCUT2D eigenvalue weighted by Gasteiger charge is -2.24. The highest BCUT2D eigenvalue weighted by molar-refractivity contribution is 5.85. The Hall–Kier alpha value is -2.87. The number of rotatable bonds is 9. The molecule has 0 aliphatic rings. The van der Waals surface area contributed by atoms with Gasteiger partial charge in [0, 0.05) is 38.4 Å². The Morgan fingerprint density at radius 3 is 2.59 bits per heavy atom. The summed E-state index contributed by atoms with van der Waals surface area (Å²) in [5.41, 5.74) is 0.681. The Labute approximate surface area is 172 Å². The Balaban J connectivity index is 1.97. The summed E-state index contributed by atoms with van der Waals surface area (Å²) in [5.74, 6) is 0.438. The van der Waals surface area contributed by atoms with Crippen molar-refractivity contribution in [3.63, 3.8) is 0 Å². The number of likely N-dealkylation sites (N-methyl/N-ethyl adjacent to an activating group) is 1. The smallest absolute Gasteiger partial charge is 0.244 e. The van der Waals surface area contributed by atoms with Crippen LogP contribution in [-0.4, -0.2) is 57.8 Å². The highest BCUT2D eigenvalue weighted by Crippen LogP contribution is 2.18. The molecule has 0 aliphatic heterocycles. The van der Waals surface area contributed by atoms with Crippen molar-refractivity contribution >= 4 is 11.9 Å². The molecular weight excluding hydrogens is 368 g/mol. The van der Waals surface area contributed by atoms with Crippen LogP contribution in [0.25, 0.3) is 0 Å². The predicted octanol–water partition coefficient (Wildman–Crippen LogP) is 1.23. The van der Waals surface area contributed by atoms with Gasteiger partial charge in [0.2, 0.25) is 5.91 Å². The number of nitrogens with one attached hydrogen (secondary N) is 2. The van der Waals surface area contributed by atoms with Crippen LogP contribution < -0.4 is 10.6 Å². The van der Waals surface area contributed by atoms with E-state index in [-0.39, 0.29) is 19.0 Å². The summed E-state index contributed by atoms with van der Waals surface area (Å²) in [5, 5.41) is 21.0. The van der Waals surface area contributed by atoms with Gasteiger partial charge in [-0.05, 0) is 26.3 Å². The van der Waals surface area contributed by atoms with Crippen molar-refractivity contribution in [2.75, 3.05) is 26.2 Å². The molecule has 1 aromatic carbocycles. The summed E-state index contributed by atoms with van der Waals surface area (Å²) in [6.07, 6.45) is 3.41. The van der Waals surface area contributed by atoms with Crippen LogP contribution in [0.1, 0.15) is 31.9 Å². The lowest BCUT2D eigenvalue weighted by molar-refractivity contribution is -0.130. The van der Waals surface area contributed by atoms with Gasteiger partial charge in [-0.3, -0.25) is 9.48 Å². The normalized spacial score (nSPS) is 13.6. The molecule has 0 spiro atoms. The molecule has 3 N–H and O–H groups in total. The average Bonchev–Trinajstić information content (AvgIpc) is 3.16. The molecule has 0 saturated heterocycles. The fraction of sp³-hybridized carbons (Fsp3) is 0.476. The molecule has 1 aromatic heterocycles. The monoisotopic (exact) mass is 400 g/mol. The van der Waals surface area contributed by atoms with E-state index in [9.17, 15) is 9.90 Å². The quantitative estimate of drug-likeness (QED) is 0.435. The number of carbonyl (C=O) groups is 1. The highest BCUT2D eigenvalue weighted by atomic mass is 16.3. The topological polar surface area (TPSA) is 94.8 Å². The molecule has 158 valence electrons. The van der Waals surface area contributed by atoms with Crippen LogP contribution in [0.15, 0.2) is 47.7 Å². The summed E-state index contributed by atoms with van der Waals surface area (Å²) < 4.78 is 1.65. The zero-order chi connectivity index (χ0) is 21.3. The maximum absolute atomic E-state index is 12.6. The first-order valence-electron chi connectivity index (χ1n) is 9.91. The van der Waals surface area contributed by atoms with E-state index >= 15 is 0 Å². The first kappa shape index (κ1) is 22.4. The molecule has 0 bridgehead atoms. The first-order valence-corrected chi connectivity index (χ1v) is 9.91. The van der Waals surface area contributed by atoms with Crippen molar-refractivity contribution in [2.45, 2.75) is 32.9 Å². The maximum Gasteiger partial charge on any atom is 0.244 e. The van der Waals surface area contributed by atoms with Gasteiger partial charge in [-0.2, -0.15) is 5.10 Å². The number of amides is 1. The van der Waals surface area contributed by atoms with Crippen LogP contribution in [-0.2, 0) is 24.0 Å². The molecule has 8 nitrogen and oxygen atoms in total. The molecule has 0 fully saturated rings. The van der Waals surface area contributed by atoms with Gasteiger partial charge in [0.15, 0.2) is 5.96 Å². The van der Waals surface area contributed by atoms with Crippen molar-refractivity contribution in [3.05, 3.63) is 53.9 Å². The standard InChI is InChI=1S/C21H32N6O2/c1-5-22-20(24-16-21(3,29)18-12-25-26(4)15-18)23-13-19(28)27(6-2)14-17-10-8-7-9-11-17/h7-12,15,29H,5-6,13-14,16H2,1-4H3,(H2,22,23,24). The maximum atomic E-state index is 12.6. The van der Waals surface area contributed by atoms with E-state index in [4.69, 9.17) is 0 Å². The number of aryl methyl sites for hydroxylation is 1. The molecule has 0 saturated carbocycles. The lowest BCUT2D eigenvalue weighted by atomic mass is 10.00. The predicted molar refractivity (Wildman–Crippen MR) is 114 cm³/mol. The average molecular weight is 401 g/mol. The summed E-state index contributed by atoms with van der Waals surface area (Å²) in [4.78, 5) is 18.8. The number of aromatic nitrogens is 2. The van der Waals surface area contributed by atoms with Crippen molar-refractivity contribution in [1.82, 2.24) is 25.3 Å². The van der Waals surface area contributed by atoms with Gasteiger partial charge in [-0.1, -0.05) is 30.3 Å². The van der Waals surface area contributed by atoms with Crippen LogP contribution in [0.2, 0.25) is 0 Å². The SMILES string of the molecule is CCNC(=NCC(=O)N(CC)Cc1ccccc1)NCC(C)(O)c1cnn(C)c1. The molecule has 1 amide bonds. The zero-order valence-corrected chi connectivity index (χ0v) is 17.7. The molecule has 1 heterocycles. The van der Waals surface area contributed by atoms with Crippen LogP contribution >= 0.6 is 0 Å². The van der Waals surface area contributed by atoms with Crippen LogP contribution in [0.3, 0.4) is 0 Å². The Morgan fingerprint density at radius 1 is 1.28 bits per heavy atom. The number of nitrogens with zero attached hydrogens (tertiary/aromatic N) is 4. The number of hydrogen-bond donors (Lipinski definition) is 3. The number of aliphatic hydroxyl groups is 1. The van der Waals surface area contributed by atoms with Crippen molar-refractivity contribution in [3.8, 4) is 0 Å². The molecule has 2 aromatic rings. The molecule has 2 rings (SSSR count). The van der Waals surface area contributed by atoms with Gasteiger partial charge in [0.25, 0.3) is 0 Å². The van der Waals surface area contributed by atoms with E-state index in [0.29, 0.717) is 31.2 Å². The molecule has 1 atom stereocenters. The van der Waals surface area contributed by atoms with Crippen molar-refractivity contribution in [1.29, 1.82) is 0 Å². The van der Waals surface area contributed by atoms with E-state index in [1.54, 1.807) is 35.9 Å². The van der Waals surface area contributed by atoms with Crippen molar-refractivity contribution < 1.29 is 9.90 Å². The van der Waals surface area contributed by atoms with E-state index in [0.717, 1.165) is 5.56 Å². The summed E-state index contributed by atoms with van der Waals surface area (Å²) in [6.45, 7) is 7.71. The minimum absolute atomic E-state index is 0.0328. The first-order chi connectivity index (χ1) is 13.9. The lowest BCUT2D eigenvalue weighted by Crippen LogP contribution is -2.45. The number of aliphatic imine (C=N–C) groups is 1. The summed E-state index contributed by atoms with van der Waals surface area (Å²) in [7, 11) is 1.80. The van der Waals surface area contributed by atoms with Gasteiger partial charge in [-0.15, -0.1) is 0 Å². The second kappa shape index (κ2) is 10.6. The minimum Gasteiger partial charge on any atom is -0.383 e. The van der Waals surface area contributed by atoms with Crippen LogP contribution in [0.5, 0.6) is 0 Å². The van der Waals surface area contributed by atoms with Gasteiger partial charge >= 0.3 is 0 Å². The fourth-order valence-electron chi connectivity index (χ4n) is 2.83. The van der Waals surface area contributed by atoms with Crippen LogP contribution in [0.4, 0.5) is 0 Å². The third-order valence-electron chi connectivity index (χ3n) is 4.59. The van der Waals surface area contributed by atoms with Crippen LogP contribution in [0, 0.1) is 0 Å². The summed E-state index contributed by atoms with van der Waals surface area (Å²) in [6, 6.07) is 9.90. The van der Waals surface area contributed by atoms with Gasteiger partial charge in [0.1, 0.15) is 12.1 Å². The third kappa shape index (κ3) is 6.90. The molecule has 29 heavy (non-hydrogen) atoms. The Morgan fingerprint density at radius 2 is 2.00 bits per heavy atom. The Bertz CT molecular complexity index is 801. The second-order valence-corrected chi connectivity index (χ2v) is 7.12. The van der Waals surface area contributed by atoms with Gasteiger partial charge < -0.3 is 20.6 Å². The molecule has 0 aliphatic carbocycles. The number of hydrogen-bond acceptors (Lipinski definition) is 4. The zero-order valence-electron chi connectivity index (χ0n) is 17.7. The third-order valence-corrected chi connectivity index (χ3v) is 4.59. The minimum atomic E-state index is -1.11. The number of carbonyl (C=O) groups excluding carboxylic acids is 1. The van der Waals surface area contributed by atoms with Crippen molar-refractivity contribution in [2.24, 2.45) is 12.0 Å². The van der Waals surface area contributed by atoms with Gasteiger partial charge in [0.05, 0.1) is 12.7 Å². The largest absolute Gasteiger partial charge is 0.383 e. The van der Waals surface area contributed by atoms with Gasteiger partial charge in [-0.25, -0.2) is 4.99 Å². The number of guanidine groups is 1. The van der Waals surface area contributed by atoms with E-state index in [2.05, 4.69) is 20.7 Å². The van der Waals surface area contributed by atoms with E-state index < -0.39 is 5.60 Å². The Kier molecular flexibility index (Phi) is 8.21. The molecule has 8 heteroatoms. The van der Waals surface area contributed by atoms with E-state index in [1.807, 2.05) is 44.2 Å². The summed E-state index contributed by atoms with van der Waals surface area (Å²) >= 11 is 0. The number of benzene rings is 1. The highest BCUT2D eigenvalue weighted by Gasteiger charge is 2.25. The fourth-order valence-corrected chi connectivity index (χ4v) is 2.83. The molecular formula is C21H32N6O2. The second-order valence-electron chi connectivity index (χ2n) is 7.12. The molecule has 0 radical (unpaired) electrons.